The summed E-state index contributed by atoms with van der Waals surface area (Å²) in [6.07, 6.45) is 3.43. The number of carbonyl (C=O) groups excluding carboxylic acids is 1. The van der Waals surface area contributed by atoms with Crippen LogP contribution in [0.25, 0.3) is 10.2 Å². The summed E-state index contributed by atoms with van der Waals surface area (Å²) in [5.41, 5.74) is 0.596. The van der Waals surface area contributed by atoms with Crippen molar-refractivity contribution in [2.24, 2.45) is 0 Å². The maximum Gasteiger partial charge on any atom is 0.266 e. The van der Waals surface area contributed by atoms with Gasteiger partial charge in [-0.15, -0.1) is 0 Å². The van der Waals surface area contributed by atoms with Gasteiger partial charge in [-0.2, -0.15) is 5.10 Å². The van der Waals surface area contributed by atoms with Crippen molar-refractivity contribution in [2.45, 2.75) is 6.54 Å². The number of amides is 1. The van der Waals surface area contributed by atoms with Crippen molar-refractivity contribution >= 4 is 32.6 Å². The number of anilines is 1. The van der Waals surface area contributed by atoms with Crippen molar-refractivity contribution in [3.8, 4) is 5.75 Å². The van der Waals surface area contributed by atoms with E-state index in [-0.39, 0.29) is 30.6 Å². The normalized spacial score (nSPS) is 11.0. The largest absolute Gasteiger partial charge is 0.481 e. The van der Waals surface area contributed by atoms with Crippen LogP contribution in [0.5, 0.6) is 5.75 Å². The zero-order chi connectivity index (χ0) is 20.2. The minimum absolute atomic E-state index is 0.000697. The summed E-state index contributed by atoms with van der Waals surface area (Å²) in [7, 11) is 0. The van der Waals surface area contributed by atoms with Gasteiger partial charge in [-0.25, -0.2) is 13.8 Å². The quantitative estimate of drug-likeness (QED) is 0.461. The summed E-state index contributed by atoms with van der Waals surface area (Å²) >= 11 is 1.20. The molecule has 0 radical (unpaired) electrons. The standard InChI is InChI=1S/C20H16F2N4O2S/c21-14-6-7-16-18(12-14)29-20(24-16)26(11-10-25-9-3-8-23-25)19(27)13-28-17-5-2-1-4-15(17)22/h1-9,12H,10-11,13H2. The smallest absolute Gasteiger partial charge is 0.266 e. The molecule has 9 heteroatoms. The molecule has 0 spiro atoms. The summed E-state index contributed by atoms with van der Waals surface area (Å²) in [5.74, 6) is -1.30. The highest BCUT2D eigenvalue weighted by Gasteiger charge is 2.21. The summed E-state index contributed by atoms with van der Waals surface area (Å²) in [6, 6.07) is 11.9. The van der Waals surface area contributed by atoms with Gasteiger partial charge in [0.25, 0.3) is 5.91 Å². The molecule has 29 heavy (non-hydrogen) atoms. The van der Waals surface area contributed by atoms with Crippen molar-refractivity contribution in [1.29, 1.82) is 0 Å². The molecule has 2 heterocycles. The number of thiazole rings is 1. The Morgan fingerprint density at radius 2 is 2.03 bits per heavy atom. The Hall–Kier alpha value is -3.33. The number of ether oxygens (including phenoxy) is 1. The third-order valence-corrected chi connectivity index (χ3v) is 5.21. The SMILES string of the molecule is O=C(COc1ccccc1F)N(CCn1cccn1)c1nc2ccc(F)cc2s1. The first-order valence-electron chi connectivity index (χ1n) is 8.81. The van der Waals surface area contributed by atoms with Crippen LogP contribution in [-0.4, -0.2) is 33.8 Å². The first-order chi connectivity index (χ1) is 14.1. The lowest BCUT2D eigenvalue weighted by molar-refractivity contribution is -0.120. The lowest BCUT2D eigenvalue weighted by Gasteiger charge is -2.20. The molecule has 0 atom stereocenters. The van der Waals surface area contributed by atoms with Crippen LogP contribution < -0.4 is 9.64 Å². The molecule has 0 bridgehead atoms. The number of fused-ring (bicyclic) bond motifs is 1. The van der Waals surface area contributed by atoms with E-state index in [1.807, 2.05) is 0 Å². The van der Waals surface area contributed by atoms with Crippen LogP contribution in [0.1, 0.15) is 0 Å². The maximum absolute atomic E-state index is 13.8. The summed E-state index contributed by atoms with van der Waals surface area (Å²) in [5, 5.41) is 4.55. The summed E-state index contributed by atoms with van der Waals surface area (Å²) in [6.45, 7) is 0.358. The van der Waals surface area contributed by atoms with E-state index in [0.717, 1.165) is 0 Å². The molecule has 0 unspecified atom stereocenters. The fourth-order valence-corrected chi connectivity index (χ4v) is 3.78. The number of rotatable bonds is 7. The molecule has 4 rings (SSSR count). The molecule has 0 saturated carbocycles. The van der Waals surface area contributed by atoms with Crippen LogP contribution in [0.15, 0.2) is 60.9 Å². The van der Waals surface area contributed by atoms with E-state index < -0.39 is 5.82 Å². The molecular weight excluding hydrogens is 398 g/mol. The van der Waals surface area contributed by atoms with Gasteiger partial charge in [0.15, 0.2) is 23.3 Å². The van der Waals surface area contributed by atoms with E-state index in [0.29, 0.717) is 21.9 Å². The predicted octanol–water partition coefficient (Wildman–Crippen LogP) is 3.88. The number of nitrogens with zero attached hydrogens (tertiary/aromatic N) is 4. The minimum atomic E-state index is -0.543. The van der Waals surface area contributed by atoms with Crippen LogP contribution in [0.3, 0.4) is 0 Å². The van der Waals surface area contributed by atoms with Crippen LogP contribution >= 0.6 is 11.3 Å². The highest BCUT2D eigenvalue weighted by Crippen LogP contribution is 2.29. The number of hydrogen-bond acceptors (Lipinski definition) is 5. The monoisotopic (exact) mass is 414 g/mol. The molecule has 0 aliphatic carbocycles. The molecule has 0 aliphatic heterocycles. The Labute approximate surface area is 169 Å². The van der Waals surface area contributed by atoms with Gasteiger partial charge in [0.1, 0.15) is 5.82 Å². The van der Waals surface area contributed by atoms with Crippen LogP contribution in [-0.2, 0) is 11.3 Å². The Morgan fingerprint density at radius 1 is 1.17 bits per heavy atom. The van der Waals surface area contributed by atoms with Gasteiger partial charge in [0, 0.05) is 18.9 Å². The Morgan fingerprint density at radius 3 is 2.83 bits per heavy atom. The molecule has 2 aromatic carbocycles. The van der Waals surface area contributed by atoms with Gasteiger partial charge in [-0.05, 0) is 36.4 Å². The predicted molar refractivity (Wildman–Crippen MR) is 106 cm³/mol. The third-order valence-electron chi connectivity index (χ3n) is 4.17. The topological polar surface area (TPSA) is 60.2 Å². The summed E-state index contributed by atoms with van der Waals surface area (Å²) < 4.78 is 35.0. The van der Waals surface area contributed by atoms with Crippen LogP contribution in [0, 0.1) is 11.6 Å². The Kier molecular flexibility index (Phi) is 5.48. The number of carbonyl (C=O) groups is 1. The summed E-state index contributed by atoms with van der Waals surface area (Å²) in [4.78, 5) is 18.8. The molecular formula is C20H16F2N4O2S. The van der Waals surface area contributed by atoms with Gasteiger partial charge in [-0.1, -0.05) is 23.5 Å². The van der Waals surface area contributed by atoms with E-state index >= 15 is 0 Å². The van der Waals surface area contributed by atoms with Crippen molar-refractivity contribution in [2.75, 3.05) is 18.1 Å². The van der Waals surface area contributed by atoms with Crippen LogP contribution in [0.4, 0.5) is 13.9 Å². The number of halogens is 2. The van der Waals surface area contributed by atoms with Crippen molar-refractivity contribution in [3.63, 3.8) is 0 Å². The van der Waals surface area contributed by atoms with E-state index in [1.54, 1.807) is 41.3 Å². The van der Waals surface area contributed by atoms with Gasteiger partial charge in [0.05, 0.1) is 16.8 Å². The molecule has 4 aromatic rings. The number of benzene rings is 2. The Balaban J connectivity index is 1.56. The number of para-hydroxylation sites is 1. The van der Waals surface area contributed by atoms with Crippen molar-refractivity contribution in [3.05, 3.63) is 72.6 Å². The first-order valence-corrected chi connectivity index (χ1v) is 9.63. The molecule has 0 saturated heterocycles. The molecule has 6 nitrogen and oxygen atoms in total. The number of aromatic nitrogens is 3. The van der Waals surface area contributed by atoms with Crippen molar-refractivity contribution in [1.82, 2.24) is 14.8 Å². The highest BCUT2D eigenvalue weighted by atomic mass is 32.1. The van der Waals surface area contributed by atoms with Gasteiger partial charge in [0.2, 0.25) is 0 Å². The van der Waals surface area contributed by atoms with E-state index in [9.17, 15) is 13.6 Å². The van der Waals surface area contributed by atoms with E-state index in [4.69, 9.17) is 4.74 Å². The fraction of sp³-hybridized carbons (Fsp3) is 0.150. The second-order valence-electron chi connectivity index (χ2n) is 6.14. The van der Waals surface area contributed by atoms with Gasteiger partial charge in [-0.3, -0.25) is 14.4 Å². The number of hydrogen-bond donors (Lipinski definition) is 0. The Bertz CT molecular complexity index is 1130. The third kappa shape index (κ3) is 4.40. The fourth-order valence-electron chi connectivity index (χ4n) is 2.74. The molecule has 1 amide bonds. The lowest BCUT2D eigenvalue weighted by Crippen LogP contribution is -2.37. The zero-order valence-corrected chi connectivity index (χ0v) is 16.0. The lowest BCUT2D eigenvalue weighted by atomic mass is 10.3. The maximum atomic E-state index is 13.8. The minimum Gasteiger partial charge on any atom is -0.481 e. The molecule has 148 valence electrons. The van der Waals surface area contributed by atoms with Crippen LogP contribution in [0.2, 0.25) is 0 Å². The van der Waals surface area contributed by atoms with Gasteiger partial charge >= 0.3 is 0 Å². The highest BCUT2D eigenvalue weighted by molar-refractivity contribution is 7.22. The molecule has 0 fully saturated rings. The molecule has 0 N–H and O–H groups in total. The zero-order valence-electron chi connectivity index (χ0n) is 15.2. The second kappa shape index (κ2) is 8.36. The molecule has 0 aliphatic rings. The first kappa shape index (κ1) is 19.0. The van der Waals surface area contributed by atoms with Crippen molar-refractivity contribution < 1.29 is 18.3 Å². The van der Waals surface area contributed by atoms with E-state index in [2.05, 4.69) is 10.1 Å². The average Bonchev–Trinajstić information content (AvgIpc) is 3.37. The average molecular weight is 414 g/mol. The second-order valence-corrected chi connectivity index (χ2v) is 7.15. The van der Waals surface area contributed by atoms with Gasteiger partial charge < -0.3 is 4.74 Å². The van der Waals surface area contributed by atoms with E-state index in [1.165, 1.54) is 40.5 Å². The molecule has 2 aromatic heterocycles.